The van der Waals surface area contributed by atoms with Gasteiger partial charge in [-0.15, -0.1) is 11.8 Å². The molecule has 1 aliphatic rings. The molecule has 5 heteroatoms. The zero-order valence-electron chi connectivity index (χ0n) is 19.8. The van der Waals surface area contributed by atoms with Crippen LogP contribution in [0.5, 0.6) is 5.75 Å². The zero-order valence-corrected chi connectivity index (χ0v) is 20.6. The number of hydrogen-bond donors (Lipinski definition) is 2. The molecule has 2 atom stereocenters. The van der Waals surface area contributed by atoms with Gasteiger partial charge in [0.15, 0.2) is 0 Å². The molecule has 0 aliphatic heterocycles. The summed E-state index contributed by atoms with van der Waals surface area (Å²) in [7, 11) is 1.62. The lowest BCUT2D eigenvalue weighted by Gasteiger charge is -2.29. The number of benzene rings is 2. The van der Waals surface area contributed by atoms with Gasteiger partial charge in [-0.3, -0.25) is 5.32 Å². The van der Waals surface area contributed by atoms with Crippen molar-refractivity contribution >= 4 is 17.7 Å². The van der Waals surface area contributed by atoms with E-state index in [4.69, 9.17) is 4.74 Å². The Morgan fingerprint density at radius 3 is 2.53 bits per heavy atom. The van der Waals surface area contributed by atoms with Crippen LogP contribution in [-0.4, -0.2) is 30.0 Å². The van der Waals surface area contributed by atoms with Gasteiger partial charge < -0.3 is 9.84 Å². The highest BCUT2D eigenvalue weighted by Gasteiger charge is 2.25. The van der Waals surface area contributed by atoms with E-state index in [1.165, 1.54) is 38.5 Å². The number of thioether (sulfide) groups is 1. The highest BCUT2D eigenvalue weighted by atomic mass is 32.2. The number of carbonyl (C=O) groups is 1. The van der Waals surface area contributed by atoms with Crippen molar-refractivity contribution in [3.8, 4) is 16.9 Å². The second kappa shape index (κ2) is 11.8. The van der Waals surface area contributed by atoms with Gasteiger partial charge in [-0.05, 0) is 60.8 Å². The van der Waals surface area contributed by atoms with Gasteiger partial charge in [0.25, 0.3) is 0 Å². The van der Waals surface area contributed by atoms with Crippen molar-refractivity contribution in [1.29, 1.82) is 0 Å². The van der Waals surface area contributed by atoms with Crippen molar-refractivity contribution in [2.45, 2.75) is 70.7 Å². The van der Waals surface area contributed by atoms with E-state index < -0.39 is 5.97 Å². The minimum absolute atomic E-state index is 0.0409. The molecule has 0 spiro atoms. The quantitative estimate of drug-likeness (QED) is 0.375. The summed E-state index contributed by atoms with van der Waals surface area (Å²) in [4.78, 5) is 12.1. The van der Waals surface area contributed by atoms with Crippen molar-refractivity contribution in [3.05, 3.63) is 53.1 Å². The third-order valence-electron chi connectivity index (χ3n) is 6.50. The summed E-state index contributed by atoms with van der Waals surface area (Å²) >= 11 is 1.83. The van der Waals surface area contributed by atoms with Gasteiger partial charge in [0.2, 0.25) is 0 Å². The van der Waals surface area contributed by atoms with Crippen LogP contribution in [0, 0.1) is 12.8 Å². The molecule has 0 aromatic heterocycles. The van der Waals surface area contributed by atoms with Gasteiger partial charge in [0.05, 0.1) is 18.0 Å². The summed E-state index contributed by atoms with van der Waals surface area (Å²) in [5.41, 5.74) is 4.04. The van der Waals surface area contributed by atoms with E-state index in [9.17, 15) is 9.90 Å². The summed E-state index contributed by atoms with van der Waals surface area (Å²) in [6.07, 6.45) is 7.95. The molecular formula is C27H37NO3S. The summed E-state index contributed by atoms with van der Waals surface area (Å²) < 4.78 is 5.70. The predicted molar refractivity (Wildman–Crippen MR) is 135 cm³/mol. The van der Waals surface area contributed by atoms with Crippen LogP contribution in [0.2, 0.25) is 0 Å². The highest BCUT2D eigenvalue weighted by molar-refractivity contribution is 7.99. The summed E-state index contributed by atoms with van der Waals surface area (Å²) in [6, 6.07) is 12.1. The molecular weight excluding hydrogens is 418 g/mol. The maximum absolute atomic E-state index is 12.1. The standard InChI is InChI=1S/C27H37NO3S/c1-5-32-26(28-19(3)15-20-12-7-6-8-13-20)24-16-22(21-14-10-9-11-18(21)2)23(27(29)30)17-25(24)31-4/h9-11,14,16-17,19-20,26,28H,5-8,12-13,15H2,1-4H3,(H,29,30). The number of carboxylic acid groups (broad SMARTS) is 1. The molecule has 2 aromatic rings. The second-order valence-corrected chi connectivity index (χ2v) is 10.3. The molecule has 0 amide bonds. The summed E-state index contributed by atoms with van der Waals surface area (Å²) in [5, 5.41) is 13.8. The van der Waals surface area contributed by atoms with E-state index in [1.54, 1.807) is 13.2 Å². The Hall–Kier alpha value is -1.98. The fourth-order valence-corrected chi connectivity index (χ4v) is 5.92. The van der Waals surface area contributed by atoms with Gasteiger partial charge in [-0.25, -0.2) is 4.79 Å². The van der Waals surface area contributed by atoms with Crippen LogP contribution < -0.4 is 10.1 Å². The number of nitrogens with one attached hydrogen (secondary N) is 1. The van der Waals surface area contributed by atoms with Gasteiger partial charge in [-0.2, -0.15) is 0 Å². The Bertz CT molecular complexity index is 908. The van der Waals surface area contributed by atoms with Gasteiger partial charge in [-0.1, -0.05) is 63.3 Å². The average Bonchev–Trinajstić information content (AvgIpc) is 2.79. The van der Waals surface area contributed by atoms with E-state index in [-0.39, 0.29) is 10.9 Å². The molecule has 32 heavy (non-hydrogen) atoms. The van der Waals surface area contributed by atoms with E-state index in [0.29, 0.717) is 11.8 Å². The molecule has 0 saturated heterocycles. The van der Waals surface area contributed by atoms with Crippen molar-refractivity contribution in [2.24, 2.45) is 5.92 Å². The zero-order chi connectivity index (χ0) is 23.1. The fourth-order valence-electron chi connectivity index (χ4n) is 4.90. The van der Waals surface area contributed by atoms with Crippen LogP contribution in [0.25, 0.3) is 11.1 Å². The molecule has 4 nitrogen and oxygen atoms in total. The van der Waals surface area contributed by atoms with Gasteiger partial charge in [0.1, 0.15) is 5.75 Å². The first kappa shape index (κ1) is 24.7. The summed E-state index contributed by atoms with van der Waals surface area (Å²) in [5.74, 6) is 1.45. The lowest BCUT2D eigenvalue weighted by molar-refractivity contribution is 0.0697. The van der Waals surface area contributed by atoms with Crippen LogP contribution in [-0.2, 0) is 0 Å². The van der Waals surface area contributed by atoms with Crippen molar-refractivity contribution < 1.29 is 14.6 Å². The number of hydrogen-bond acceptors (Lipinski definition) is 4. The molecule has 0 heterocycles. The number of aryl methyl sites for hydroxylation is 1. The monoisotopic (exact) mass is 455 g/mol. The van der Waals surface area contributed by atoms with E-state index in [2.05, 4.69) is 19.2 Å². The molecule has 3 rings (SSSR count). The molecule has 1 fully saturated rings. The lowest BCUT2D eigenvalue weighted by Crippen LogP contribution is -2.31. The third kappa shape index (κ3) is 6.08. The van der Waals surface area contributed by atoms with Crippen LogP contribution in [0.1, 0.15) is 79.2 Å². The van der Waals surface area contributed by atoms with Crippen LogP contribution >= 0.6 is 11.8 Å². The van der Waals surface area contributed by atoms with Gasteiger partial charge in [0, 0.05) is 11.6 Å². The predicted octanol–water partition coefficient (Wildman–Crippen LogP) is 7.07. The van der Waals surface area contributed by atoms with Crippen molar-refractivity contribution in [2.75, 3.05) is 12.9 Å². The molecule has 0 bridgehead atoms. The minimum atomic E-state index is -0.938. The first-order valence-corrected chi connectivity index (χ1v) is 12.9. The molecule has 174 valence electrons. The van der Waals surface area contributed by atoms with E-state index in [0.717, 1.165) is 33.9 Å². The number of carboxylic acids is 1. The number of rotatable bonds is 10. The minimum Gasteiger partial charge on any atom is -0.496 e. The normalized spacial score (nSPS) is 16.5. The molecule has 2 N–H and O–H groups in total. The molecule has 1 aliphatic carbocycles. The Morgan fingerprint density at radius 2 is 1.91 bits per heavy atom. The first-order chi connectivity index (χ1) is 15.4. The Labute approximate surface area is 197 Å². The van der Waals surface area contributed by atoms with Crippen molar-refractivity contribution in [3.63, 3.8) is 0 Å². The third-order valence-corrected chi connectivity index (χ3v) is 7.56. The smallest absolute Gasteiger partial charge is 0.336 e. The fraction of sp³-hybridized carbons (Fsp3) is 0.519. The Balaban J connectivity index is 1.97. The topological polar surface area (TPSA) is 58.6 Å². The highest BCUT2D eigenvalue weighted by Crippen LogP contribution is 2.40. The Kier molecular flexibility index (Phi) is 9.06. The number of aromatic carboxylic acids is 1. The van der Waals surface area contributed by atoms with E-state index in [1.807, 2.05) is 49.0 Å². The lowest BCUT2D eigenvalue weighted by atomic mass is 9.85. The second-order valence-electron chi connectivity index (χ2n) is 8.90. The molecule has 2 unspecified atom stereocenters. The molecule has 1 saturated carbocycles. The number of methoxy groups -OCH3 is 1. The number of ether oxygens (including phenoxy) is 1. The van der Waals surface area contributed by atoms with Crippen LogP contribution in [0.3, 0.4) is 0 Å². The largest absolute Gasteiger partial charge is 0.496 e. The maximum atomic E-state index is 12.1. The van der Waals surface area contributed by atoms with Crippen molar-refractivity contribution in [1.82, 2.24) is 5.32 Å². The van der Waals surface area contributed by atoms with Crippen LogP contribution in [0.15, 0.2) is 36.4 Å². The molecule has 2 aromatic carbocycles. The maximum Gasteiger partial charge on any atom is 0.336 e. The average molecular weight is 456 g/mol. The van der Waals surface area contributed by atoms with Crippen LogP contribution in [0.4, 0.5) is 0 Å². The summed E-state index contributed by atoms with van der Waals surface area (Å²) in [6.45, 7) is 6.46. The first-order valence-electron chi connectivity index (χ1n) is 11.8. The van der Waals surface area contributed by atoms with Gasteiger partial charge >= 0.3 is 5.97 Å². The molecule has 0 radical (unpaired) electrons. The SMILES string of the molecule is CCSC(NC(C)CC1CCCCC1)c1cc(-c2ccccc2C)c(C(=O)O)cc1OC. The van der Waals surface area contributed by atoms with E-state index >= 15 is 0 Å². The Morgan fingerprint density at radius 1 is 1.19 bits per heavy atom.